The molecular weight excluding hydrogens is 416 g/mol. The summed E-state index contributed by atoms with van der Waals surface area (Å²) in [6, 6.07) is 14.4. The maximum absolute atomic E-state index is 12.7. The Bertz CT molecular complexity index is 907. The Morgan fingerprint density at radius 2 is 1.61 bits per heavy atom. The molecule has 5 nitrogen and oxygen atoms in total. The van der Waals surface area contributed by atoms with Gasteiger partial charge in [-0.2, -0.15) is 4.31 Å². The number of piperazine rings is 1. The number of benzene rings is 2. The van der Waals surface area contributed by atoms with E-state index in [9.17, 15) is 13.2 Å². The molecule has 0 radical (unpaired) electrons. The second kappa shape index (κ2) is 9.31. The largest absolute Gasteiger partial charge is 0.339 e. The topological polar surface area (TPSA) is 57.7 Å². The van der Waals surface area contributed by atoms with Crippen LogP contribution in [0.15, 0.2) is 53.4 Å². The van der Waals surface area contributed by atoms with Gasteiger partial charge in [0.2, 0.25) is 15.9 Å². The molecule has 150 valence electrons. The Hall–Kier alpha value is -1.54. The van der Waals surface area contributed by atoms with Crippen LogP contribution in [0.4, 0.5) is 0 Å². The Kier molecular flexibility index (Phi) is 7.04. The van der Waals surface area contributed by atoms with Crippen LogP contribution in [0.25, 0.3) is 0 Å². The van der Waals surface area contributed by atoms with Gasteiger partial charge in [-0.15, -0.1) is 11.8 Å². The highest BCUT2D eigenvalue weighted by Gasteiger charge is 2.29. The van der Waals surface area contributed by atoms with Crippen LogP contribution in [0.5, 0.6) is 0 Å². The van der Waals surface area contributed by atoms with Crippen molar-refractivity contribution < 1.29 is 13.2 Å². The van der Waals surface area contributed by atoms with Crippen LogP contribution in [0.2, 0.25) is 5.02 Å². The van der Waals surface area contributed by atoms with Gasteiger partial charge in [-0.25, -0.2) is 8.42 Å². The Morgan fingerprint density at radius 3 is 2.21 bits per heavy atom. The number of hydrogen-bond donors (Lipinski definition) is 0. The fourth-order valence-electron chi connectivity index (χ4n) is 2.97. The summed E-state index contributed by atoms with van der Waals surface area (Å²) >= 11 is 7.42. The van der Waals surface area contributed by atoms with Gasteiger partial charge in [0, 0.05) is 37.0 Å². The molecule has 0 atom stereocenters. The smallest absolute Gasteiger partial charge is 0.243 e. The molecule has 0 aliphatic carbocycles. The first-order valence-electron chi connectivity index (χ1n) is 9.03. The molecule has 28 heavy (non-hydrogen) atoms. The molecule has 0 unspecified atom stereocenters. The average molecular weight is 439 g/mol. The van der Waals surface area contributed by atoms with Gasteiger partial charge in [-0.1, -0.05) is 41.4 Å². The van der Waals surface area contributed by atoms with Crippen molar-refractivity contribution in [1.82, 2.24) is 9.21 Å². The number of sulfonamides is 1. The van der Waals surface area contributed by atoms with Crippen molar-refractivity contribution in [2.75, 3.05) is 31.9 Å². The van der Waals surface area contributed by atoms with Crippen LogP contribution in [0.3, 0.4) is 0 Å². The Labute approximate surface area is 175 Å². The van der Waals surface area contributed by atoms with Crippen LogP contribution in [0.1, 0.15) is 11.1 Å². The molecule has 2 aromatic carbocycles. The standard InChI is InChI=1S/C20H23ClN2O3S2/c1-16-2-4-17(5-3-16)14-27-15-20(24)22-10-12-23(13-11-22)28(25,26)19-8-6-18(21)7-9-19/h2-9H,10-15H2,1H3. The van der Waals surface area contributed by atoms with Crippen LogP contribution in [-0.2, 0) is 20.6 Å². The first-order chi connectivity index (χ1) is 13.4. The normalized spacial score (nSPS) is 15.6. The second-order valence-corrected chi connectivity index (χ2v) is 10.1. The van der Waals surface area contributed by atoms with E-state index in [1.807, 2.05) is 6.92 Å². The van der Waals surface area contributed by atoms with E-state index in [0.29, 0.717) is 37.0 Å². The Morgan fingerprint density at radius 1 is 1.00 bits per heavy atom. The second-order valence-electron chi connectivity index (χ2n) is 6.72. The van der Waals surface area contributed by atoms with Gasteiger partial charge in [0.25, 0.3) is 0 Å². The molecular formula is C20H23ClN2O3S2. The van der Waals surface area contributed by atoms with Crippen molar-refractivity contribution in [3.8, 4) is 0 Å². The third-order valence-corrected chi connectivity index (χ3v) is 7.81. The zero-order chi connectivity index (χ0) is 20.1. The van der Waals surface area contributed by atoms with Crippen molar-refractivity contribution >= 4 is 39.3 Å². The van der Waals surface area contributed by atoms with Crippen LogP contribution < -0.4 is 0 Å². The molecule has 1 fully saturated rings. The van der Waals surface area contributed by atoms with Gasteiger partial charge >= 0.3 is 0 Å². The SMILES string of the molecule is Cc1ccc(CSCC(=O)N2CCN(S(=O)(=O)c3ccc(Cl)cc3)CC2)cc1. The maximum Gasteiger partial charge on any atom is 0.243 e. The van der Waals surface area contributed by atoms with Gasteiger partial charge in [0.1, 0.15) is 0 Å². The highest BCUT2D eigenvalue weighted by atomic mass is 35.5. The third-order valence-electron chi connectivity index (χ3n) is 4.66. The molecule has 8 heteroatoms. The van der Waals surface area contributed by atoms with Crippen molar-refractivity contribution in [3.63, 3.8) is 0 Å². The third kappa shape index (κ3) is 5.29. The van der Waals surface area contributed by atoms with E-state index in [1.165, 1.54) is 27.6 Å². The van der Waals surface area contributed by atoms with Gasteiger partial charge < -0.3 is 4.90 Å². The summed E-state index contributed by atoms with van der Waals surface area (Å²) in [6.07, 6.45) is 0. The maximum atomic E-state index is 12.7. The van der Waals surface area contributed by atoms with Crippen molar-refractivity contribution in [2.45, 2.75) is 17.6 Å². The van der Waals surface area contributed by atoms with Crippen molar-refractivity contribution in [2.24, 2.45) is 0 Å². The quantitative estimate of drug-likeness (QED) is 0.693. The summed E-state index contributed by atoms with van der Waals surface area (Å²) in [5.74, 6) is 1.25. The minimum absolute atomic E-state index is 0.0562. The zero-order valence-corrected chi connectivity index (χ0v) is 18.1. The molecule has 1 amide bonds. The monoisotopic (exact) mass is 438 g/mol. The molecule has 0 bridgehead atoms. The van der Waals surface area contributed by atoms with Gasteiger partial charge in [-0.05, 0) is 36.8 Å². The fourth-order valence-corrected chi connectivity index (χ4v) is 5.40. The number of thioether (sulfide) groups is 1. The van der Waals surface area contributed by atoms with Crippen LogP contribution in [-0.4, -0.2) is 55.5 Å². The number of carbonyl (C=O) groups excluding carboxylic acids is 1. The minimum atomic E-state index is -3.55. The highest BCUT2D eigenvalue weighted by molar-refractivity contribution is 7.99. The summed E-state index contributed by atoms with van der Waals surface area (Å²) in [4.78, 5) is 14.4. The summed E-state index contributed by atoms with van der Waals surface area (Å²) in [5.41, 5.74) is 2.42. The number of carbonyl (C=O) groups is 1. The molecule has 2 aromatic rings. The van der Waals surface area contributed by atoms with Crippen LogP contribution in [0, 0.1) is 6.92 Å². The molecule has 1 saturated heterocycles. The number of hydrogen-bond acceptors (Lipinski definition) is 4. The zero-order valence-electron chi connectivity index (χ0n) is 15.7. The lowest BCUT2D eigenvalue weighted by atomic mass is 10.2. The van der Waals surface area contributed by atoms with Gasteiger partial charge in [0.05, 0.1) is 10.6 Å². The number of amides is 1. The van der Waals surface area contributed by atoms with Crippen molar-refractivity contribution in [1.29, 1.82) is 0 Å². The molecule has 3 rings (SSSR count). The first kappa shape index (κ1) is 21.2. The number of nitrogens with zero attached hydrogens (tertiary/aromatic N) is 2. The molecule has 0 aromatic heterocycles. The van der Waals surface area contributed by atoms with Gasteiger partial charge in [-0.3, -0.25) is 4.79 Å². The molecule has 1 aliphatic heterocycles. The molecule has 0 N–H and O–H groups in total. The van der Waals surface area contributed by atoms with E-state index in [0.717, 1.165) is 5.75 Å². The number of aryl methyl sites for hydroxylation is 1. The lowest BCUT2D eigenvalue weighted by Crippen LogP contribution is -2.50. The molecule has 1 aliphatic rings. The Balaban J connectivity index is 1.48. The van der Waals surface area contributed by atoms with Crippen molar-refractivity contribution in [3.05, 3.63) is 64.7 Å². The minimum Gasteiger partial charge on any atom is -0.339 e. The van der Waals surface area contributed by atoms with Crippen LogP contribution >= 0.6 is 23.4 Å². The van der Waals surface area contributed by atoms with E-state index < -0.39 is 10.0 Å². The van der Waals surface area contributed by atoms with E-state index in [2.05, 4.69) is 24.3 Å². The predicted octanol–water partition coefficient (Wildman–Crippen LogP) is 3.41. The number of rotatable bonds is 6. The molecule has 1 heterocycles. The summed E-state index contributed by atoms with van der Waals surface area (Å²) in [6.45, 7) is 3.49. The molecule has 0 spiro atoms. The average Bonchev–Trinajstić information content (AvgIpc) is 2.70. The molecule has 0 saturated carbocycles. The van der Waals surface area contributed by atoms with E-state index in [1.54, 1.807) is 28.8 Å². The van der Waals surface area contributed by atoms with Gasteiger partial charge in [0.15, 0.2) is 0 Å². The highest BCUT2D eigenvalue weighted by Crippen LogP contribution is 2.20. The van der Waals surface area contributed by atoms with E-state index in [-0.39, 0.29) is 10.8 Å². The lowest BCUT2D eigenvalue weighted by molar-refractivity contribution is -0.129. The first-order valence-corrected chi connectivity index (χ1v) is 12.0. The fraction of sp³-hybridized carbons (Fsp3) is 0.350. The lowest BCUT2D eigenvalue weighted by Gasteiger charge is -2.34. The summed E-state index contributed by atoms with van der Waals surface area (Å²) in [5, 5.41) is 0.498. The summed E-state index contributed by atoms with van der Waals surface area (Å²) < 4.78 is 26.8. The predicted molar refractivity (Wildman–Crippen MR) is 114 cm³/mol. The number of halogens is 1. The van der Waals surface area contributed by atoms with E-state index in [4.69, 9.17) is 11.6 Å². The van der Waals surface area contributed by atoms with E-state index >= 15 is 0 Å². The summed E-state index contributed by atoms with van der Waals surface area (Å²) in [7, 11) is -3.55.